The highest BCUT2D eigenvalue weighted by Crippen LogP contribution is 2.24. The average molecular weight is 275 g/mol. The van der Waals surface area contributed by atoms with E-state index in [0.717, 1.165) is 24.2 Å². The van der Waals surface area contributed by atoms with Gasteiger partial charge in [0.25, 0.3) is 0 Å². The van der Waals surface area contributed by atoms with E-state index in [9.17, 15) is 4.39 Å². The van der Waals surface area contributed by atoms with Crippen molar-refractivity contribution in [2.24, 2.45) is 0 Å². The van der Waals surface area contributed by atoms with Gasteiger partial charge in [-0.1, -0.05) is 12.5 Å². The zero-order valence-electron chi connectivity index (χ0n) is 12.0. The molecule has 1 unspecified atom stereocenters. The molecule has 3 rings (SSSR count). The molecule has 20 heavy (non-hydrogen) atoms. The van der Waals surface area contributed by atoms with Crippen molar-refractivity contribution in [3.63, 3.8) is 0 Å². The van der Waals surface area contributed by atoms with Gasteiger partial charge in [-0.3, -0.25) is 10.3 Å². The summed E-state index contributed by atoms with van der Waals surface area (Å²) in [5.41, 5.74) is 1.83. The molecule has 2 heterocycles. The molecular weight excluding hydrogens is 253 g/mol. The largest absolute Gasteiger partial charge is 0.351 e. The zero-order chi connectivity index (χ0) is 14.1. The predicted octanol–water partition coefficient (Wildman–Crippen LogP) is 2.84. The summed E-state index contributed by atoms with van der Waals surface area (Å²) in [4.78, 5) is 4.59. The van der Waals surface area contributed by atoms with E-state index in [1.807, 2.05) is 6.07 Å². The van der Waals surface area contributed by atoms with E-state index in [0.29, 0.717) is 11.9 Å². The van der Waals surface area contributed by atoms with Crippen molar-refractivity contribution in [1.82, 2.24) is 9.80 Å². The summed E-state index contributed by atoms with van der Waals surface area (Å²) >= 11 is 0. The summed E-state index contributed by atoms with van der Waals surface area (Å²) < 4.78 is 13.3. The summed E-state index contributed by atoms with van der Waals surface area (Å²) in [7, 11) is 0. The number of nitrogens with one attached hydrogen (secondary N) is 1. The summed E-state index contributed by atoms with van der Waals surface area (Å²) in [6.45, 7) is 6.18. The van der Waals surface area contributed by atoms with Crippen molar-refractivity contribution in [1.29, 1.82) is 5.41 Å². The van der Waals surface area contributed by atoms with Gasteiger partial charge in [0.05, 0.1) is 0 Å². The van der Waals surface area contributed by atoms with Crippen LogP contribution < -0.4 is 0 Å². The van der Waals surface area contributed by atoms with Gasteiger partial charge in [-0.05, 0) is 50.6 Å². The minimum atomic E-state index is -0.251. The molecule has 0 aromatic heterocycles. The van der Waals surface area contributed by atoms with Crippen LogP contribution in [-0.4, -0.2) is 41.3 Å². The second-order valence-electron chi connectivity index (χ2n) is 5.98. The van der Waals surface area contributed by atoms with Crippen molar-refractivity contribution >= 4 is 5.84 Å². The minimum Gasteiger partial charge on any atom is -0.351 e. The third-order valence-corrected chi connectivity index (χ3v) is 4.50. The maximum Gasteiger partial charge on any atom is 0.128 e. The molecule has 0 aliphatic carbocycles. The van der Waals surface area contributed by atoms with Crippen molar-refractivity contribution in [2.45, 2.75) is 38.8 Å². The summed E-state index contributed by atoms with van der Waals surface area (Å²) in [6, 6.07) is 5.24. The molecule has 1 fully saturated rings. The van der Waals surface area contributed by atoms with E-state index < -0.39 is 0 Å². The topological polar surface area (TPSA) is 30.3 Å². The number of halogens is 1. The SMILES string of the molecule is CC(CN1Cc2ccc(F)cc2C1=N)N1CCCCC1. The fourth-order valence-corrected chi connectivity index (χ4v) is 3.31. The number of fused-ring (bicyclic) bond motifs is 1. The number of likely N-dealkylation sites (tertiary alicyclic amines) is 1. The van der Waals surface area contributed by atoms with E-state index >= 15 is 0 Å². The molecule has 1 atom stereocenters. The first-order valence-corrected chi connectivity index (χ1v) is 7.51. The molecule has 1 aromatic carbocycles. The predicted molar refractivity (Wildman–Crippen MR) is 78.5 cm³/mol. The molecule has 4 heteroatoms. The Balaban J connectivity index is 1.66. The number of benzene rings is 1. The Hall–Kier alpha value is -1.42. The highest BCUT2D eigenvalue weighted by molar-refractivity contribution is 6.00. The normalized spacial score (nSPS) is 21.1. The lowest BCUT2D eigenvalue weighted by Crippen LogP contribution is -2.44. The maximum absolute atomic E-state index is 13.3. The first-order valence-electron chi connectivity index (χ1n) is 7.51. The molecule has 1 aromatic rings. The van der Waals surface area contributed by atoms with E-state index in [-0.39, 0.29) is 5.82 Å². The van der Waals surface area contributed by atoms with Crippen molar-refractivity contribution < 1.29 is 4.39 Å². The zero-order valence-corrected chi connectivity index (χ0v) is 12.0. The van der Waals surface area contributed by atoms with Gasteiger partial charge in [-0.25, -0.2) is 4.39 Å². The molecule has 0 amide bonds. The Morgan fingerprint density at radius 1 is 1.25 bits per heavy atom. The molecule has 0 radical (unpaired) electrons. The molecule has 0 saturated carbocycles. The second kappa shape index (κ2) is 5.52. The van der Waals surface area contributed by atoms with Gasteiger partial charge in [0.2, 0.25) is 0 Å². The standard InChI is InChI=1S/C16H22FN3/c1-12(19-7-3-2-4-8-19)10-20-11-13-5-6-14(17)9-15(13)16(20)18/h5-6,9,12,18H,2-4,7-8,10-11H2,1H3. The van der Waals surface area contributed by atoms with Gasteiger partial charge in [0.1, 0.15) is 11.7 Å². The van der Waals surface area contributed by atoms with Gasteiger partial charge < -0.3 is 4.90 Å². The third kappa shape index (κ3) is 2.57. The monoisotopic (exact) mass is 275 g/mol. The first-order chi connectivity index (χ1) is 9.65. The fraction of sp³-hybridized carbons (Fsp3) is 0.562. The van der Waals surface area contributed by atoms with Crippen LogP contribution in [0.2, 0.25) is 0 Å². The van der Waals surface area contributed by atoms with Gasteiger partial charge in [-0.2, -0.15) is 0 Å². The number of amidine groups is 1. The molecule has 108 valence electrons. The minimum absolute atomic E-state index is 0.251. The summed E-state index contributed by atoms with van der Waals surface area (Å²) in [5, 5.41) is 8.23. The van der Waals surface area contributed by atoms with Gasteiger partial charge in [-0.15, -0.1) is 0 Å². The molecular formula is C16H22FN3. The van der Waals surface area contributed by atoms with Gasteiger partial charge in [0, 0.05) is 24.7 Å². The van der Waals surface area contributed by atoms with Crippen LogP contribution in [0.4, 0.5) is 4.39 Å². The highest BCUT2D eigenvalue weighted by Gasteiger charge is 2.27. The Bertz CT molecular complexity index is 508. The molecule has 2 aliphatic rings. The molecule has 1 N–H and O–H groups in total. The number of piperidine rings is 1. The number of nitrogens with zero attached hydrogens (tertiary/aromatic N) is 2. The summed E-state index contributed by atoms with van der Waals surface area (Å²) in [5.74, 6) is 0.225. The van der Waals surface area contributed by atoms with Crippen LogP contribution in [0.1, 0.15) is 37.3 Å². The molecule has 2 aliphatic heterocycles. The van der Waals surface area contributed by atoms with Crippen molar-refractivity contribution in [2.75, 3.05) is 19.6 Å². The third-order valence-electron chi connectivity index (χ3n) is 4.50. The van der Waals surface area contributed by atoms with Crippen LogP contribution >= 0.6 is 0 Å². The molecule has 0 bridgehead atoms. The maximum atomic E-state index is 13.3. The number of hydrogen-bond acceptors (Lipinski definition) is 2. The molecule has 1 saturated heterocycles. The van der Waals surface area contributed by atoms with Crippen LogP contribution in [-0.2, 0) is 6.54 Å². The van der Waals surface area contributed by atoms with E-state index in [1.54, 1.807) is 0 Å². The highest BCUT2D eigenvalue weighted by atomic mass is 19.1. The van der Waals surface area contributed by atoms with Gasteiger partial charge >= 0.3 is 0 Å². The van der Waals surface area contributed by atoms with Crippen LogP contribution in [0.5, 0.6) is 0 Å². The van der Waals surface area contributed by atoms with Crippen molar-refractivity contribution in [3.05, 3.63) is 35.1 Å². The number of rotatable bonds is 3. The Morgan fingerprint density at radius 2 is 2.00 bits per heavy atom. The Morgan fingerprint density at radius 3 is 2.75 bits per heavy atom. The Kier molecular flexibility index (Phi) is 3.74. The second-order valence-corrected chi connectivity index (χ2v) is 5.98. The van der Waals surface area contributed by atoms with Crippen LogP contribution in [0.3, 0.4) is 0 Å². The molecule has 3 nitrogen and oxygen atoms in total. The summed E-state index contributed by atoms with van der Waals surface area (Å²) in [6.07, 6.45) is 3.91. The average Bonchev–Trinajstić information content (AvgIpc) is 2.76. The first kappa shape index (κ1) is 13.6. The lowest BCUT2D eigenvalue weighted by atomic mass is 10.1. The van der Waals surface area contributed by atoms with Crippen LogP contribution in [0.15, 0.2) is 18.2 Å². The van der Waals surface area contributed by atoms with Crippen LogP contribution in [0.25, 0.3) is 0 Å². The van der Waals surface area contributed by atoms with Gasteiger partial charge in [0.15, 0.2) is 0 Å². The number of hydrogen-bond donors (Lipinski definition) is 1. The Labute approximate surface area is 119 Å². The van der Waals surface area contributed by atoms with Crippen LogP contribution in [0, 0.1) is 11.2 Å². The van der Waals surface area contributed by atoms with E-state index in [4.69, 9.17) is 5.41 Å². The quantitative estimate of drug-likeness (QED) is 0.919. The lowest BCUT2D eigenvalue weighted by molar-refractivity contribution is 0.151. The van der Waals surface area contributed by atoms with E-state index in [1.165, 1.54) is 44.5 Å². The smallest absolute Gasteiger partial charge is 0.128 e. The van der Waals surface area contributed by atoms with E-state index in [2.05, 4.69) is 16.7 Å². The molecule has 0 spiro atoms. The fourth-order valence-electron chi connectivity index (χ4n) is 3.31. The lowest BCUT2D eigenvalue weighted by Gasteiger charge is -2.35. The van der Waals surface area contributed by atoms with Crippen molar-refractivity contribution in [3.8, 4) is 0 Å².